The van der Waals surface area contributed by atoms with Gasteiger partial charge in [0.15, 0.2) is 5.13 Å². The van der Waals surface area contributed by atoms with Crippen molar-refractivity contribution < 1.29 is 0 Å². The molecule has 0 bridgehead atoms. The number of nitrogens with one attached hydrogen (secondary N) is 1. The Morgan fingerprint density at radius 1 is 1.43 bits per heavy atom. The SMILES string of the molecule is Sc1cccc(CNc2nccs2)c1. The first-order valence-corrected chi connectivity index (χ1v) is 5.58. The van der Waals surface area contributed by atoms with E-state index < -0.39 is 0 Å². The summed E-state index contributed by atoms with van der Waals surface area (Å²) >= 11 is 5.89. The van der Waals surface area contributed by atoms with Gasteiger partial charge in [-0.15, -0.1) is 24.0 Å². The molecule has 4 heteroatoms. The van der Waals surface area contributed by atoms with Crippen LogP contribution in [0.15, 0.2) is 40.7 Å². The zero-order chi connectivity index (χ0) is 9.80. The first-order chi connectivity index (χ1) is 6.84. The van der Waals surface area contributed by atoms with Gasteiger partial charge in [0.1, 0.15) is 0 Å². The van der Waals surface area contributed by atoms with Crippen molar-refractivity contribution in [1.29, 1.82) is 0 Å². The molecular formula is C10H10N2S2. The Morgan fingerprint density at radius 2 is 2.36 bits per heavy atom. The molecule has 1 aromatic carbocycles. The number of benzene rings is 1. The lowest BCUT2D eigenvalue weighted by Crippen LogP contribution is -1.98. The number of aromatic nitrogens is 1. The second-order valence-corrected chi connectivity index (χ2v) is 4.27. The van der Waals surface area contributed by atoms with Gasteiger partial charge < -0.3 is 5.32 Å². The van der Waals surface area contributed by atoms with Crippen LogP contribution in [0.3, 0.4) is 0 Å². The van der Waals surface area contributed by atoms with E-state index in [4.69, 9.17) is 0 Å². The van der Waals surface area contributed by atoms with Crippen molar-refractivity contribution in [2.45, 2.75) is 11.4 Å². The summed E-state index contributed by atoms with van der Waals surface area (Å²) in [5, 5.41) is 6.15. The molecule has 14 heavy (non-hydrogen) atoms. The van der Waals surface area contributed by atoms with Crippen molar-refractivity contribution in [3.05, 3.63) is 41.4 Å². The van der Waals surface area contributed by atoms with Crippen molar-refractivity contribution in [2.75, 3.05) is 5.32 Å². The van der Waals surface area contributed by atoms with Crippen LogP contribution in [0.25, 0.3) is 0 Å². The summed E-state index contributed by atoms with van der Waals surface area (Å²) in [6, 6.07) is 8.08. The van der Waals surface area contributed by atoms with Crippen LogP contribution >= 0.6 is 24.0 Å². The lowest BCUT2D eigenvalue weighted by Gasteiger charge is -2.02. The molecule has 0 unspecified atom stereocenters. The third kappa shape index (κ3) is 2.49. The summed E-state index contributed by atoms with van der Waals surface area (Å²) < 4.78 is 0. The molecule has 0 fully saturated rings. The average Bonchev–Trinajstić information content (AvgIpc) is 2.67. The third-order valence-corrected chi connectivity index (χ3v) is 2.80. The fourth-order valence-corrected chi connectivity index (χ4v) is 1.93. The van der Waals surface area contributed by atoms with Crippen molar-refractivity contribution in [3.63, 3.8) is 0 Å². The third-order valence-electron chi connectivity index (χ3n) is 1.79. The second kappa shape index (κ2) is 4.48. The number of hydrogen-bond acceptors (Lipinski definition) is 4. The molecule has 0 aliphatic heterocycles. The molecule has 1 aromatic heterocycles. The van der Waals surface area contributed by atoms with Crippen molar-refractivity contribution in [3.8, 4) is 0 Å². The maximum Gasteiger partial charge on any atom is 0.182 e. The Kier molecular flexibility index (Phi) is 3.06. The van der Waals surface area contributed by atoms with Gasteiger partial charge >= 0.3 is 0 Å². The number of thiazole rings is 1. The Hall–Kier alpha value is -1.00. The first-order valence-electron chi connectivity index (χ1n) is 4.26. The molecule has 1 heterocycles. The van der Waals surface area contributed by atoms with E-state index in [9.17, 15) is 0 Å². The van der Waals surface area contributed by atoms with Crippen molar-refractivity contribution >= 4 is 29.1 Å². The van der Waals surface area contributed by atoms with E-state index >= 15 is 0 Å². The number of nitrogens with zero attached hydrogens (tertiary/aromatic N) is 1. The molecule has 2 rings (SSSR count). The van der Waals surface area contributed by atoms with Crippen LogP contribution in [0.5, 0.6) is 0 Å². The lowest BCUT2D eigenvalue weighted by molar-refractivity contribution is 1.12. The molecule has 0 saturated heterocycles. The summed E-state index contributed by atoms with van der Waals surface area (Å²) in [5.41, 5.74) is 1.22. The molecule has 2 nitrogen and oxygen atoms in total. The first kappa shape index (κ1) is 9.55. The molecule has 0 aliphatic carbocycles. The van der Waals surface area contributed by atoms with E-state index in [1.54, 1.807) is 17.5 Å². The van der Waals surface area contributed by atoms with E-state index in [0.29, 0.717) is 0 Å². The minimum atomic E-state index is 0.794. The van der Waals surface area contributed by atoms with Crippen LogP contribution in [0.2, 0.25) is 0 Å². The maximum atomic E-state index is 4.28. The van der Waals surface area contributed by atoms with Crippen LogP contribution in [0.4, 0.5) is 5.13 Å². The van der Waals surface area contributed by atoms with Gasteiger partial charge in [-0.3, -0.25) is 0 Å². The highest BCUT2D eigenvalue weighted by Gasteiger charge is 1.95. The number of thiol groups is 1. The van der Waals surface area contributed by atoms with Crippen molar-refractivity contribution in [1.82, 2.24) is 4.98 Å². The van der Waals surface area contributed by atoms with Gasteiger partial charge in [-0.25, -0.2) is 4.98 Å². The molecule has 0 amide bonds. The Bertz CT molecular complexity index is 398. The fraction of sp³-hybridized carbons (Fsp3) is 0.100. The maximum absolute atomic E-state index is 4.28. The lowest BCUT2D eigenvalue weighted by atomic mass is 10.2. The molecule has 0 spiro atoms. The smallest absolute Gasteiger partial charge is 0.182 e. The Balaban J connectivity index is 1.98. The van der Waals surface area contributed by atoms with E-state index in [0.717, 1.165) is 16.6 Å². The molecule has 0 radical (unpaired) electrons. The number of hydrogen-bond donors (Lipinski definition) is 2. The van der Waals surface area contributed by atoms with Crippen LogP contribution in [0.1, 0.15) is 5.56 Å². The van der Waals surface area contributed by atoms with Gasteiger partial charge in [-0.2, -0.15) is 0 Å². The van der Waals surface area contributed by atoms with Gasteiger partial charge in [0.05, 0.1) is 0 Å². The summed E-state index contributed by atoms with van der Waals surface area (Å²) in [4.78, 5) is 5.13. The summed E-state index contributed by atoms with van der Waals surface area (Å²) in [6.07, 6.45) is 1.79. The van der Waals surface area contributed by atoms with Gasteiger partial charge in [-0.1, -0.05) is 12.1 Å². The van der Waals surface area contributed by atoms with Crippen LogP contribution < -0.4 is 5.32 Å². The van der Waals surface area contributed by atoms with Crippen LogP contribution in [0, 0.1) is 0 Å². The predicted molar refractivity (Wildman–Crippen MR) is 63.1 cm³/mol. The highest BCUT2D eigenvalue weighted by molar-refractivity contribution is 7.80. The monoisotopic (exact) mass is 222 g/mol. The summed E-state index contributed by atoms with van der Waals surface area (Å²) in [6.45, 7) is 0.794. The van der Waals surface area contributed by atoms with Gasteiger partial charge in [-0.05, 0) is 17.7 Å². The summed E-state index contributed by atoms with van der Waals surface area (Å²) in [5.74, 6) is 0. The average molecular weight is 222 g/mol. The van der Waals surface area contributed by atoms with E-state index in [1.807, 2.05) is 23.6 Å². The number of rotatable bonds is 3. The Morgan fingerprint density at radius 3 is 3.07 bits per heavy atom. The number of anilines is 1. The molecular weight excluding hydrogens is 212 g/mol. The normalized spacial score (nSPS) is 10.1. The van der Waals surface area contributed by atoms with Gasteiger partial charge in [0.25, 0.3) is 0 Å². The largest absolute Gasteiger partial charge is 0.357 e. The van der Waals surface area contributed by atoms with Crippen molar-refractivity contribution in [2.24, 2.45) is 0 Å². The molecule has 0 atom stereocenters. The molecule has 0 saturated carbocycles. The zero-order valence-electron chi connectivity index (χ0n) is 7.47. The highest BCUT2D eigenvalue weighted by Crippen LogP contribution is 2.13. The van der Waals surface area contributed by atoms with Crippen LogP contribution in [-0.4, -0.2) is 4.98 Å². The van der Waals surface area contributed by atoms with Gasteiger partial charge in [0, 0.05) is 23.0 Å². The molecule has 1 N–H and O–H groups in total. The molecule has 0 aliphatic rings. The van der Waals surface area contributed by atoms with E-state index in [1.165, 1.54) is 5.56 Å². The fourth-order valence-electron chi connectivity index (χ4n) is 1.15. The second-order valence-electron chi connectivity index (χ2n) is 2.86. The topological polar surface area (TPSA) is 24.9 Å². The van der Waals surface area contributed by atoms with E-state index in [-0.39, 0.29) is 0 Å². The highest BCUT2D eigenvalue weighted by atomic mass is 32.1. The van der Waals surface area contributed by atoms with Crippen LogP contribution in [-0.2, 0) is 6.54 Å². The minimum absolute atomic E-state index is 0.794. The standard InChI is InChI=1S/C10H10N2S2/c13-9-3-1-2-8(6-9)7-12-10-11-4-5-14-10/h1-6,13H,7H2,(H,11,12). The van der Waals surface area contributed by atoms with E-state index in [2.05, 4.69) is 29.0 Å². The molecule has 72 valence electrons. The summed E-state index contributed by atoms with van der Waals surface area (Å²) in [7, 11) is 0. The quantitative estimate of drug-likeness (QED) is 0.780. The Labute approximate surface area is 92.4 Å². The predicted octanol–water partition coefficient (Wildman–Crippen LogP) is 3.04. The minimum Gasteiger partial charge on any atom is -0.357 e. The van der Waals surface area contributed by atoms with Gasteiger partial charge in [0.2, 0.25) is 0 Å². The molecule has 2 aromatic rings. The zero-order valence-corrected chi connectivity index (χ0v) is 9.18.